The number of phenols is 1. The first kappa shape index (κ1) is 17.3. The van der Waals surface area contributed by atoms with Crippen molar-refractivity contribution in [3.8, 4) is 5.75 Å². The molecule has 1 heterocycles. The van der Waals surface area contributed by atoms with Crippen LogP contribution in [-0.4, -0.2) is 23.0 Å². The Hall–Kier alpha value is -0.706. The van der Waals surface area contributed by atoms with Gasteiger partial charge in [0.15, 0.2) is 0 Å². The summed E-state index contributed by atoms with van der Waals surface area (Å²) in [7, 11) is 0. The largest absolute Gasteiger partial charge is 0.508 e. The third-order valence-corrected chi connectivity index (χ3v) is 2.95. The summed E-state index contributed by atoms with van der Waals surface area (Å²) >= 11 is 6.02. The summed E-state index contributed by atoms with van der Waals surface area (Å²) in [4.78, 5) is 1.35. The van der Waals surface area contributed by atoms with Gasteiger partial charge in [0.05, 0.1) is 6.54 Å². The van der Waals surface area contributed by atoms with Crippen LogP contribution in [0.25, 0.3) is 5.70 Å². The van der Waals surface area contributed by atoms with Crippen molar-refractivity contribution >= 4 is 17.3 Å². The molecule has 0 saturated carbocycles. The van der Waals surface area contributed by atoms with Gasteiger partial charge < -0.3 is 10.0 Å². The van der Waals surface area contributed by atoms with Gasteiger partial charge in [0.2, 0.25) is 0 Å². The standard InChI is InChI=1S/C14H11ClF2NO.Y/c1-9-3-2-4-13(18(9)8-14(16)17)11-6-5-10(19)7-12(11)15;/h2-3,5-7,14,19H,1,8H2;/q-1;. The summed E-state index contributed by atoms with van der Waals surface area (Å²) in [5, 5.41) is 9.59. The van der Waals surface area contributed by atoms with Gasteiger partial charge in [-0.15, -0.1) is 12.1 Å². The predicted molar refractivity (Wildman–Crippen MR) is 70.8 cm³/mol. The molecule has 2 nitrogen and oxygen atoms in total. The van der Waals surface area contributed by atoms with Gasteiger partial charge in [-0.3, -0.25) is 0 Å². The Morgan fingerprint density at radius 3 is 2.70 bits per heavy atom. The van der Waals surface area contributed by atoms with Gasteiger partial charge in [0.25, 0.3) is 6.43 Å². The smallest absolute Gasteiger partial charge is 0.256 e. The first-order valence-corrected chi connectivity index (χ1v) is 5.90. The van der Waals surface area contributed by atoms with Crippen molar-refractivity contribution in [3.05, 3.63) is 59.3 Å². The van der Waals surface area contributed by atoms with E-state index in [-0.39, 0.29) is 43.5 Å². The van der Waals surface area contributed by atoms with E-state index in [9.17, 15) is 13.9 Å². The normalized spacial score (nSPS) is 14.3. The van der Waals surface area contributed by atoms with E-state index >= 15 is 0 Å². The Labute approximate surface area is 146 Å². The van der Waals surface area contributed by atoms with Gasteiger partial charge in [0, 0.05) is 32.7 Å². The molecule has 1 N–H and O–H groups in total. The van der Waals surface area contributed by atoms with Crippen LogP contribution in [0.3, 0.4) is 0 Å². The van der Waals surface area contributed by atoms with E-state index in [0.717, 1.165) is 0 Å². The summed E-state index contributed by atoms with van der Waals surface area (Å²) in [6.45, 7) is 3.24. The van der Waals surface area contributed by atoms with Crippen molar-refractivity contribution in [1.82, 2.24) is 4.90 Å². The molecule has 0 spiro atoms. The van der Waals surface area contributed by atoms with E-state index in [4.69, 9.17) is 11.6 Å². The minimum atomic E-state index is -2.50. The van der Waals surface area contributed by atoms with E-state index < -0.39 is 13.0 Å². The summed E-state index contributed by atoms with van der Waals surface area (Å²) in [5.41, 5.74) is 1.38. The second kappa shape index (κ2) is 7.34. The Bertz CT molecular complexity index is 572. The van der Waals surface area contributed by atoms with Crippen LogP contribution in [0, 0.1) is 6.08 Å². The molecule has 1 aliphatic rings. The number of hydrogen-bond donors (Lipinski definition) is 1. The van der Waals surface area contributed by atoms with Crippen molar-refractivity contribution < 1.29 is 46.6 Å². The number of halogens is 3. The van der Waals surface area contributed by atoms with Crippen molar-refractivity contribution in [2.24, 2.45) is 0 Å². The fraction of sp³-hybridized carbons (Fsp3) is 0.143. The third-order valence-electron chi connectivity index (χ3n) is 2.64. The zero-order valence-electron chi connectivity index (χ0n) is 10.5. The third kappa shape index (κ3) is 3.90. The van der Waals surface area contributed by atoms with Crippen LogP contribution in [0.2, 0.25) is 5.02 Å². The Morgan fingerprint density at radius 1 is 1.40 bits per heavy atom. The number of phenolic OH excluding ortho intramolecular Hbond substituents is 1. The summed E-state index contributed by atoms with van der Waals surface area (Å²) in [6.07, 6.45) is 3.58. The van der Waals surface area contributed by atoms with Crippen LogP contribution in [0.1, 0.15) is 5.56 Å². The molecule has 1 aromatic carbocycles. The van der Waals surface area contributed by atoms with Gasteiger partial charge in [-0.05, 0) is 22.9 Å². The molecule has 0 amide bonds. The Morgan fingerprint density at radius 2 is 2.10 bits per heavy atom. The first-order valence-electron chi connectivity index (χ1n) is 5.52. The average molecular weight is 372 g/mol. The topological polar surface area (TPSA) is 23.5 Å². The number of aromatic hydroxyl groups is 1. The molecule has 20 heavy (non-hydrogen) atoms. The molecule has 1 aromatic rings. The molecule has 0 saturated heterocycles. The quantitative estimate of drug-likeness (QED) is 0.816. The Balaban J connectivity index is 0.00000200. The zero-order valence-corrected chi connectivity index (χ0v) is 14.1. The maximum Gasteiger partial charge on any atom is 0.256 e. The fourth-order valence-corrected chi connectivity index (χ4v) is 2.06. The molecule has 0 aromatic heterocycles. The molecular formula is C14H11ClF2NOY-. The van der Waals surface area contributed by atoms with Gasteiger partial charge in [-0.25, -0.2) is 8.78 Å². The fourth-order valence-electron chi connectivity index (χ4n) is 1.79. The average Bonchev–Trinajstić information content (AvgIpc) is 2.32. The number of benzene rings is 1. The second-order valence-electron chi connectivity index (χ2n) is 3.98. The molecular weight excluding hydrogens is 361 g/mol. The second-order valence-corrected chi connectivity index (χ2v) is 4.39. The molecule has 0 atom stereocenters. The molecule has 0 bridgehead atoms. The molecule has 1 radical (unpaired) electrons. The zero-order chi connectivity index (χ0) is 14.0. The van der Waals surface area contributed by atoms with Crippen LogP contribution in [0.15, 0.2) is 42.6 Å². The molecule has 103 valence electrons. The van der Waals surface area contributed by atoms with E-state index in [0.29, 0.717) is 17.0 Å². The summed E-state index contributed by atoms with van der Waals surface area (Å²) in [6, 6.07) is 4.36. The van der Waals surface area contributed by atoms with Crippen LogP contribution in [-0.2, 0) is 32.7 Å². The van der Waals surface area contributed by atoms with Crippen molar-refractivity contribution in [2.45, 2.75) is 6.43 Å². The van der Waals surface area contributed by atoms with Crippen LogP contribution in [0.5, 0.6) is 5.75 Å². The molecule has 2 rings (SSSR count). The number of allylic oxidation sites excluding steroid dienone is 3. The maximum absolute atomic E-state index is 12.6. The van der Waals surface area contributed by atoms with Gasteiger partial charge in [-0.1, -0.05) is 29.4 Å². The van der Waals surface area contributed by atoms with E-state index in [1.165, 1.54) is 17.0 Å². The monoisotopic (exact) mass is 371 g/mol. The predicted octanol–water partition coefficient (Wildman–Crippen LogP) is 3.84. The molecule has 0 fully saturated rings. The maximum atomic E-state index is 12.6. The van der Waals surface area contributed by atoms with E-state index in [1.807, 2.05) is 0 Å². The SMILES string of the molecule is C=C1C=C[C-]=C(c2ccc(O)cc2Cl)N1CC(F)F.[Y]. The van der Waals surface area contributed by atoms with Crippen LogP contribution >= 0.6 is 11.6 Å². The number of rotatable bonds is 3. The number of hydrogen-bond acceptors (Lipinski definition) is 2. The number of alkyl halides is 2. The van der Waals surface area contributed by atoms with Crippen molar-refractivity contribution in [3.63, 3.8) is 0 Å². The Kier molecular flexibility index (Phi) is 6.37. The van der Waals surface area contributed by atoms with Crippen LogP contribution < -0.4 is 0 Å². The van der Waals surface area contributed by atoms with Crippen molar-refractivity contribution in [1.29, 1.82) is 0 Å². The summed E-state index contributed by atoms with van der Waals surface area (Å²) < 4.78 is 25.3. The molecule has 0 aliphatic carbocycles. The summed E-state index contributed by atoms with van der Waals surface area (Å²) in [5.74, 6) is 0.0138. The minimum absolute atomic E-state index is 0. The van der Waals surface area contributed by atoms with Crippen LogP contribution in [0.4, 0.5) is 8.78 Å². The van der Waals surface area contributed by atoms with Gasteiger partial charge >= 0.3 is 0 Å². The number of nitrogens with zero attached hydrogens (tertiary/aromatic N) is 1. The first-order chi connectivity index (χ1) is 8.99. The van der Waals surface area contributed by atoms with Gasteiger partial charge in [-0.2, -0.15) is 12.2 Å². The molecule has 0 unspecified atom stereocenters. The molecule has 1 aliphatic heterocycles. The van der Waals surface area contributed by atoms with Crippen molar-refractivity contribution in [2.75, 3.05) is 6.54 Å². The molecule has 6 heteroatoms. The van der Waals surface area contributed by atoms with E-state index in [2.05, 4.69) is 12.7 Å². The minimum Gasteiger partial charge on any atom is -0.508 e. The van der Waals surface area contributed by atoms with E-state index in [1.54, 1.807) is 18.2 Å². The van der Waals surface area contributed by atoms with Gasteiger partial charge in [0.1, 0.15) is 5.75 Å².